The Bertz CT molecular complexity index is 2990. The lowest BCUT2D eigenvalue weighted by Gasteiger charge is -2.27. The van der Waals surface area contributed by atoms with E-state index in [-0.39, 0.29) is 87.5 Å². The summed E-state index contributed by atoms with van der Waals surface area (Å²) in [4.78, 5) is 107. The molecule has 4 aromatic rings. The number of carboxylic acids is 1. The van der Waals surface area contributed by atoms with Crippen molar-refractivity contribution in [2.75, 3.05) is 20.2 Å². The van der Waals surface area contributed by atoms with Crippen molar-refractivity contribution >= 4 is 62.4 Å². The number of methoxy groups -OCH3 is 1. The third-order valence-electron chi connectivity index (χ3n) is 12.2. The number of carbonyl (C=O) groups is 9. The minimum absolute atomic E-state index is 0. The summed E-state index contributed by atoms with van der Waals surface area (Å²) < 4.78 is 77.1. The first-order valence-corrected chi connectivity index (χ1v) is 24.4. The van der Waals surface area contributed by atoms with Crippen LogP contribution >= 0.6 is 0 Å². The van der Waals surface area contributed by atoms with Crippen LogP contribution in [0.4, 0.5) is 31.9 Å². The first kappa shape index (κ1) is 65.1. The van der Waals surface area contributed by atoms with Crippen LogP contribution in [-0.2, 0) is 59.5 Å². The smallest absolute Gasteiger partial charge is 0.411 e. The van der Waals surface area contributed by atoms with Crippen molar-refractivity contribution in [1.29, 1.82) is 0 Å². The predicted molar refractivity (Wildman–Crippen MR) is 276 cm³/mol. The average Bonchev–Trinajstić information content (AvgIpc) is 4.25. The molecule has 6 aliphatic rings. The number of hydrogen-bond acceptors (Lipinski definition) is 17. The zero-order chi connectivity index (χ0) is 58.3. The van der Waals surface area contributed by atoms with Crippen LogP contribution in [-0.4, -0.2) is 143 Å². The van der Waals surface area contributed by atoms with Gasteiger partial charge in [-0.05, 0) is 89.1 Å². The zero-order valence-electron chi connectivity index (χ0n) is 45.1. The number of aliphatic hydroxyl groups is 1. The molecule has 0 unspecified atom stereocenters. The van der Waals surface area contributed by atoms with Gasteiger partial charge in [-0.1, -0.05) is 36.4 Å². The van der Waals surface area contributed by atoms with Crippen LogP contribution in [0.15, 0.2) is 72.8 Å². The van der Waals surface area contributed by atoms with Crippen molar-refractivity contribution in [2.24, 2.45) is 0 Å². The van der Waals surface area contributed by atoms with Crippen molar-refractivity contribution < 1.29 is 94.6 Å². The van der Waals surface area contributed by atoms with E-state index >= 15 is 0 Å². The number of aliphatic carboxylic acids is 1. The van der Waals surface area contributed by atoms with Gasteiger partial charge in [-0.3, -0.25) is 29.6 Å². The highest BCUT2D eigenvalue weighted by atomic mass is 19.1. The van der Waals surface area contributed by atoms with E-state index in [1.165, 1.54) is 53.3 Å². The number of likely N-dealkylation sites (tertiary alicyclic amines) is 2. The molecule has 0 aliphatic carbocycles. The van der Waals surface area contributed by atoms with Crippen LogP contribution in [0.3, 0.4) is 0 Å². The number of fused-ring (bicyclic) bond motifs is 4. The Morgan fingerprint density at radius 3 is 1.69 bits per heavy atom. The molecule has 6 aliphatic heterocycles. The Hall–Kier alpha value is -8.43. The lowest BCUT2D eigenvalue weighted by Crippen LogP contribution is -2.43. The summed E-state index contributed by atoms with van der Waals surface area (Å²) in [7, 11) is 1.25. The number of ether oxygens (including phenoxy) is 5. The van der Waals surface area contributed by atoms with E-state index in [1.807, 2.05) is 11.4 Å². The van der Waals surface area contributed by atoms with Gasteiger partial charge in [0.1, 0.15) is 58.2 Å². The van der Waals surface area contributed by atoms with Gasteiger partial charge in [-0.2, -0.15) is 0 Å². The fourth-order valence-corrected chi connectivity index (χ4v) is 8.62. The first-order valence-electron chi connectivity index (χ1n) is 24.4. The number of nitrogens with zero attached hydrogens (tertiary/aromatic N) is 3. The average molecular weight is 1140 g/mol. The molecule has 5 amide bonds. The Morgan fingerprint density at radius 2 is 1.16 bits per heavy atom. The molecule has 0 saturated carbocycles. The predicted octanol–water partition coefficient (Wildman–Crippen LogP) is 6.33. The number of rotatable bonds is 3. The molecule has 0 spiro atoms. The van der Waals surface area contributed by atoms with Crippen molar-refractivity contribution in [3.63, 3.8) is 0 Å². The number of nitrogens with one attached hydrogen (secondary N) is 2. The van der Waals surface area contributed by atoms with Crippen molar-refractivity contribution in [2.45, 2.75) is 116 Å². The highest BCUT2D eigenvalue weighted by Crippen LogP contribution is 2.29. The number of imide groups is 1. The van der Waals surface area contributed by atoms with Crippen molar-refractivity contribution in [1.82, 2.24) is 31.5 Å². The normalized spacial score (nSPS) is 18.7. The van der Waals surface area contributed by atoms with Crippen LogP contribution in [0.1, 0.15) is 118 Å². The third kappa shape index (κ3) is 16.3. The lowest BCUT2D eigenvalue weighted by molar-refractivity contribution is -0.145. The number of carboxylic acid groups (broad SMARTS) is 1. The quantitative estimate of drug-likeness (QED) is 0.0374. The SMILES string of the molecule is CC(C)(C)OC(=O)N1C[C@H](OC(=O)N2Cc3cccc(F)c3C2)C[C@H]1C(=O)O.COC(=O)[C@@H]1C[C@@H](O)CN1C(=O)OC(C)(C)C.Fc1cccc2c1CNC2.N.O=C1NC(=O)c2c(F)cccc21.O=C1OC(=O)c2c(F)cccc21.[B]. The number of hydrogen-bond donors (Lipinski definition) is 5. The third-order valence-corrected chi connectivity index (χ3v) is 12.2. The molecule has 433 valence electrons. The molecule has 81 heavy (non-hydrogen) atoms. The summed E-state index contributed by atoms with van der Waals surface area (Å²) in [6.07, 6.45) is -3.39. The second-order valence-corrected chi connectivity index (χ2v) is 20.3. The highest BCUT2D eigenvalue weighted by Gasteiger charge is 2.45. The van der Waals surface area contributed by atoms with Gasteiger partial charge in [0.05, 0.1) is 49.5 Å². The second-order valence-electron chi connectivity index (χ2n) is 20.3. The van der Waals surface area contributed by atoms with Crippen LogP contribution in [0.2, 0.25) is 0 Å². The molecular formula is C54H60BF4N6O16. The van der Waals surface area contributed by atoms with Gasteiger partial charge in [0, 0.05) is 52.0 Å². The first-order chi connectivity index (χ1) is 37.1. The minimum Gasteiger partial charge on any atom is -0.480 e. The number of esters is 3. The number of aliphatic hydroxyl groups excluding tert-OH is 1. The Kier molecular flexibility index (Phi) is 21.8. The van der Waals surface area contributed by atoms with Gasteiger partial charge in [-0.25, -0.2) is 51.1 Å². The van der Waals surface area contributed by atoms with E-state index in [1.54, 1.807) is 59.7 Å². The summed E-state index contributed by atoms with van der Waals surface area (Å²) in [5.41, 5.74) is 1.38. The monoisotopic (exact) mass is 1140 g/mol. The maximum Gasteiger partial charge on any atom is 0.411 e. The van der Waals surface area contributed by atoms with Gasteiger partial charge in [0.15, 0.2) is 0 Å². The summed E-state index contributed by atoms with van der Waals surface area (Å²) in [5, 5.41) is 24.0. The summed E-state index contributed by atoms with van der Waals surface area (Å²) >= 11 is 0. The van der Waals surface area contributed by atoms with Crippen LogP contribution in [0, 0.1) is 23.3 Å². The Morgan fingerprint density at radius 1 is 0.630 bits per heavy atom. The molecule has 4 aromatic carbocycles. The summed E-state index contributed by atoms with van der Waals surface area (Å²) in [5.74, 6) is -6.45. The molecule has 4 atom stereocenters. The van der Waals surface area contributed by atoms with Crippen LogP contribution in [0.25, 0.3) is 0 Å². The Balaban J connectivity index is 0.000000229. The molecule has 2 saturated heterocycles. The molecule has 7 N–H and O–H groups in total. The number of benzene rings is 4. The van der Waals surface area contributed by atoms with Gasteiger partial charge >= 0.3 is 42.2 Å². The number of β-amino-alcohol motifs (C(OH)–C–C–N with tert-alkyl or cyclic N) is 1. The van der Waals surface area contributed by atoms with Gasteiger partial charge < -0.3 is 45.4 Å². The van der Waals surface area contributed by atoms with E-state index in [2.05, 4.69) is 14.8 Å². The summed E-state index contributed by atoms with van der Waals surface area (Å²) in [6, 6.07) is 15.8. The van der Waals surface area contributed by atoms with Gasteiger partial charge in [0.2, 0.25) is 0 Å². The number of amides is 5. The highest BCUT2D eigenvalue weighted by molar-refractivity contribution is 6.21. The van der Waals surface area contributed by atoms with E-state index in [9.17, 15) is 70.9 Å². The van der Waals surface area contributed by atoms with Gasteiger partial charge in [0.25, 0.3) is 11.8 Å². The number of carbonyl (C=O) groups excluding carboxylic acids is 8. The van der Waals surface area contributed by atoms with E-state index < -0.39 is 101 Å². The van der Waals surface area contributed by atoms with Gasteiger partial charge in [-0.15, -0.1) is 0 Å². The lowest BCUT2D eigenvalue weighted by atomic mass is 10.1. The van der Waals surface area contributed by atoms with E-state index in [0.717, 1.165) is 34.7 Å². The molecule has 2 fully saturated rings. The zero-order valence-corrected chi connectivity index (χ0v) is 45.1. The fraction of sp³-hybridized carbons (Fsp3) is 0.389. The van der Waals surface area contributed by atoms with Crippen molar-refractivity contribution in [3.8, 4) is 0 Å². The van der Waals surface area contributed by atoms with Crippen LogP contribution in [0.5, 0.6) is 0 Å². The molecule has 0 aromatic heterocycles. The molecule has 27 heteroatoms. The van der Waals surface area contributed by atoms with Crippen molar-refractivity contribution in [3.05, 3.63) is 141 Å². The molecule has 22 nitrogen and oxygen atoms in total. The second kappa shape index (κ2) is 27.2. The fourth-order valence-electron chi connectivity index (χ4n) is 8.62. The maximum atomic E-state index is 13.8. The van der Waals surface area contributed by atoms with E-state index in [4.69, 9.17) is 14.2 Å². The number of cyclic esters (lactones) is 2. The Labute approximate surface area is 464 Å². The largest absolute Gasteiger partial charge is 0.480 e. The van der Waals surface area contributed by atoms with Crippen LogP contribution < -0.4 is 16.8 Å². The topological polar surface area (TPSA) is 309 Å². The molecular weight excluding hydrogens is 1080 g/mol. The summed E-state index contributed by atoms with van der Waals surface area (Å²) in [6.45, 7) is 12.1. The molecule has 10 rings (SSSR count). The number of halogens is 4. The minimum atomic E-state index is -1.19. The standard InChI is InChI=1S/C19H23FN2O6.C11H19NO5.C8H4FNO2.C8H8FN.C8H3FO3.B.H3N/c1-19(2,3)28-18(26)22-9-12(7-15(22)16(23)24)27-17(25)21-8-11-5-4-6-14(20)13(11)10-21;1-11(2,3)17-10(15)12-6-7(13)5-8(12)9(14)16-4;9-5-3-1-2-4-6(5)8(12)10-7(4)11;9-8-3-1-2-6-4-10-5-7(6)8;9-5-3-1-2-4-6(5)8(11)12-7(4)10;;/h4-6,12,15H,7-10H2,1-3H3,(H,23,24);7-8,13H,5-6H2,1-4H3;1-3H,(H,10,11,12);1-3,10H,4-5H2;1-3H;;1H3/t12-,15+;7-,8+;;;;;/m11...../s1. The maximum absolute atomic E-state index is 13.8. The van der Waals surface area contributed by atoms with E-state index in [0.29, 0.717) is 17.7 Å². The molecule has 6 heterocycles. The molecule has 3 radical (unpaired) electrons. The molecule has 0 bridgehead atoms.